The molecule has 0 bridgehead atoms. The minimum Gasteiger partial charge on any atom is -0.339 e. The molecule has 0 aliphatic carbocycles. The van der Waals surface area contributed by atoms with Crippen molar-refractivity contribution in [3.05, 3.63) is 101 Å². The Labute approximate surface area is 196 Å². The summed E-state index contributed by atoms with van der Waals surface area (Å²) in [5.74, 6) is -0.0816. The van der Waals surface area contributed by atoms with Gasteiger partial charge in [0.1, 0.15) is 0 Å². The maximum atomic E-state index is 13.8. The highest BCUT2D eigenvalue weighted by Crippen LogP contribution is 2.25. The number of nitrogens with zero attached hydrogens (tertiary/aromatic N) is 2. The molecule has 1 saturated heterocycles. The van der Waals surface area contributed by atoms with Crippen molar-refractivity contribution >= 4 is 15.9 Å². The van der Waals surface area contributed by atoms with Gasteiger partial charge in [0, 0.05) is 31.7 Å². The Hall–Kier alpha value is -2.96. The average molecular weight is 463 g/mol. The maximum Gasteiger partial charge on any atom is 0.254 e. The zero-order valence-electron chi connectivity index (χ0n) is 19.0. The molecule has 4 rings (SSSR count). The second kappa shape index (κ2) is 10.3. The number of benzene rings is 3. The minimum absolute atomic E-state index is 0.0816. The normalized spacial score (nSPS) is 14.4. The Kier molecular flexibility index (Phi) is 7.26. The second-order valence-corrected chi connectivity index (χ2v) is 10.5. The van der Waals surface area contributed by atoms with Crippen molar-refractivity contribution in [2.75, 3.05) is 13.1 Å². The molecular weight excluding hydrogens is 432 g/mol. The Morgan fingerprint density at radius 3 is 1.91 bits per heavy atom. The van der Waals surface area contributed by atoms with Gasteiger partial charge in [-0.25, -0.2) is 8.42 Å². The molecule has 172 valence electrons. The Balaban J connectivity index is 1.68. The molecule has 0 unspecified atom stereocenters. The van der Waals surface area contributed by atoms with E-state index >= 15 is 0 Å². The van der Waals surface area contributed by atoms with Crippen LogP contribution >= 0.6 is 0 Å². The molecule has 6 heteroatoms. The molecule has 1 fully saturated rings. The van der Waals surface area contributed by atoms with Crippen LogP contribution in [0.5, 0.6) is 0 Å². The van der Waals surface area contributed by atoms with Crippen LogP contribution in [0.4, 0.5) is 0 Å². The van der Waals surface area contributed by atoms with Crippen molar-refractivity contribution in [1.29, 1.82) is 0 Å². The molecule has 3 aromatic rings. The number of rotatable bonds is 7. The van der Waals surface area contributed by atoms with Gasteiger partial charge in [-0.3, -0.25) is 4.79 Å². The fraction of sp³-hybridized carbons (Fsp3) is 0.296. The molecular formula is C27H30N2O3S. The molecule has 1 aliphatic heterocycles. The van der Waals surface area contributed by atoms with Crippen molar-refractivity contribution in [2.24, 2.45) is 0 Å². The fourth-order valence-corrected chi connectivity index (χ4v) is 5.65. The lowest BCUT2D eigenvalue weighted by atomic mass is 10.1. The SMILES string of the molecule is Cc1ccc(S(=O)(=O)N(Cc2ccccc2)Cc2ccccc2)cc1C(=O)N1CCCCC1. The average Bonchev–Trinajstić information content (AvgIpc) is 2.85. The van der Waals surface area contributed by atoms with Gasteiger partial charge >= 0.3 is 0 Å². The minimum atomic E-state index is -3.84. The van der Waals surface area contributed by atoms with Gasteiger partial charge in [-0.1, -0.05) is 66.7 Å². The number of piperidine rings is 1. The Morgan fingerprint density at radius 2 is 1.36 bits per heavy atom. The zero-order valence-corrected chi connectivity index (χ0v) is 19.8. The van der Waals surface area contributed by atoms with E-state index in [2.05, 4.69) is 0 Å². The standard InChI is InChI=1S/C27H30N2O3S/c1-22-15-16-25(19-26(22)27(30)28-17-9-4-10-18-28)33(31,32)29(20-23-11-5-2-6-12-23)21-24-13-7-3-8-14-24/h2-3,5-8,11-16,19H,4,9-10,17-18,20-21H2,1H3. The lowest BCUT2D eigenvalue weighted by Crippen LogP contribution is -2.36. The molecule has 0 saturated carbocycles. The quantitative estimate of drug-likeness (QED) is 0.496. The number of sulfonamides is 1. The van der Waals surface area contributed by atoms with E-state index in [1.54, 1.807) is 18.2 Å². The first kappa shape index (κ1) is 23.2. The number of aryl methyl sites for hydroxylation is 1. The summed E-state index contributed by atoms with van der Waals surface area (Å²) in [6, 6.07) is 24.1. The molecule has 1 amide bonds. The van der Waals surface area contributed by atoms with Crippen LogP contribution in [0, 0.1) is 6.92 Å². The number of carbonyl (C=O) groups is 1. The van der Waals surface area contributed by atoms with Gasteiger partial charge in [0.2, 0.25) is 10.0 Å². The predicted octanol–water partition coefficient (Wildman–Crippen LogP) is 5.01. The van der Waals surface area contributed by atoms with Crippen molar-refractivity contribution in [2.45, 2.75) is 44.2 Å². The van der Waals surface area contributed by atoms with Gasteiger partial charge < -0.3 is 4.90 Å². The summed E-state index contributed by atoms with van der Waals surface area (Å²) in [4.78, 5) is 15.2. The molecule has 0 N–H and O–H groups in total. The van der Waals surface area contributed by atoms with E-state index in [0.717, 1.165) is 49.0 Å². The van der Waals surface area contributed by atoms with Gasteiger partial charge in [-0.15, -0.1) is 0 Å². The molecule has 1 heterocycles. The van der Waals surface area contributed by atoms with Crippen LogP contribution < -0.4 is 0 Å². The third-order valence-electron chi connectivity index (χ3n) is 6.12. The Bertz CT molecular complexity index is 1150. The summed E-state index contributed by atoms with van der Waals surface area (Å²) in [6.45, 7) is 3.81. The van der Waals surface area contributed by atoms with Crippen LogP contribution in [-0.2, 0) is 23.1 Å². The largest absolute Gasteiger partial charge is 0.339 e. The molecule has 0 atom stereocenters. The van der Waals surface area contributed by atoms with Gasteiger partial charge in [-0.05, 0) is 55.0 Å². The van der Waals surface area contributed by atoms with Gasteiger partial charge in [0.15, 0.2) is 0 Å². The van der Waals surface area contributed by atoms with E-state index in [9.17, 15) is 13.2 Å². The summed E-state index contributed by atoms with van der Waals surface area (Å²) < 4.78 is 29.1. The highest BCUT2D eigenvalue weighted by atomic mass is 32.2. The Morgan fingerprint density at radius 1 is 0.818 bits per heavy atom. The topological polar surface area (TPSA) is 57.7 Å². The summed E-state index contributed by atoms with van der Waals surface area (Å²) in [6.07, 6.45) is 3.11. The van der Waals surface area contributed by atoms with Gasteiger partial charge in [0.25, 0.3) is 5.91 Å². The highest BCUT2D eigenvalue weighted by molar-refractivity contribution is 7.89. The first-order valence-electron chi connectivity index (χ1n) is 11.4. The van der Waals surface area contributed by atoms with Gasteiger partial charge in [-0.2, -0.15) is 4.31 Å². The van der Waals surface area contributed by atoms with E-state index in [-0.39, 0.29) is 23.9 Å². The molecule has 0 radical (unpaired) electrons. The fourth-order valence-electron chi connectivity index (χ4n) is 4.21. The summed E-state index contributed by atoms with van der Waals surface area (Å²) in [5.41, 5.74) is 3.09. The summed E-state index contributed by atoms with van der Waals surface area (Å²) >= 11 is 0. The van der Waals surface area contributed by atoms with Crippen molar-refractivity contribution in [3.63, 3.8) is 0 Å². The molecule has 0 spiro atoms. The van der Waals surface area contributed by atoms with Crippen LogP contribution in [0.15, 0.2) is 83.8 Å². The number of carbonyl (C=O) groups excluding carboxylic acids is 1. The van der Waals surface area contributed by atoms with Crippen LogP contribution in [0.3, 0.4) is 0 Å². The highest BCUT2D eigenvalue weighted by Gasteiger charge is 2.28. The van der Waals surface area contributed by atoms with Crippen molar-refractivity contribution < 1.29 is 13.2 Å². The summed E-state index contributed by atoms with van der Waals surface area (Å²) in [5, 5.41) is 0. The molecule has 1 aliphatic rings. The molecule has 33 heavy (non-hydrogen) atoms. The zero-order chi connectivity index (χ0) is 23.3. The van der Waals surface area contributed by atoms with E-state index in [0.29, 0.717) is 5.56 Å². The van der Waals surface area contributed by atoms with Crippen LogP contribution in [0.1, 0.15) is 46.3 Å². The predicted molar refractivity (Wildman–Crippen MR) is 130 cm³/mol. The summed E-state index contributed by atoms with van der Waals surface area (Å²) in [7, 11) is -3.84. The lowest BCUT2D eigenvalue weighted by molar-refractivity contribution is 0.0723. The lowest BCUT2D eigenvalue weighted by Gasteiger charge is -2.28. The number of likely N-dealkylation sites (tertiary alicyclic amines) is 1. The van der Waals surface area contributed by atoms with Crippen molar-refractivity contribution in [1.82, 2.24) is 9.21 Å². The molecule has 3 aromatic carbocycles. The maximum absolute atomic E-state index is 13.8. The third kappa shape index (κ3) is 5.52. The van der Waals surface area contributed by atoms with E-state index in [4.69, 9.17) is 0 Å². The molecule has 5 nitrogen and oxygen atoms in total. The van der Waals surface area contributed by atoms with Gasteiger partial charge in [0.05, 0.1) is 4.90 Å². The molecule has 0 aromatic heterocycles. The van der Waals surface area contributed by atoms with Crippen LogP contribution in [0.25, 0.3) is 0 Å². The van der Waals surface area contributed by atoms with E-state index in [1.165, 1.54) is 4.31 Å². The number of hydrogen-bond acceptors (Lipinski definition) is 3. The second-order valence-electron chi connectivity index (χ2n) is 8.57. The first-order chi connectivity index (χ1) is 15.9. The van der Waals surface area contributed by atoms with E-state index in [1.807, 2.05) is 72.5 Å². The number of hydrogen-bond donors (Lipinski definition) is 0. The van der Waals surface area contributed by atoms with E-state index < -0.39 is 10.0 Å². The van der Waals surface area contributed by atoms with Crippen LogP contribution in [0.2, 0.25) is 0 Å². The van der Waals surface area contributed by atoms with Crippen LogP contribution in [-0.4, -0.2) is 36.6 Å². The first-order valence-corrected chi connectivity index (χ1v) is 12.9. The smallest absolute Gasteiger partial charge is 0.254 e. The van der Waals surface area contributed by atoms with Crippen molar-refractivity contribution in [3.8, 4) is 0 Å². The monoisotopic (exact) mass is 462 g/mol. The third-order valence-corrected chi connectivity index (χ3v) is 7.91. The number of amides is 1.